The Kier molecular flexibility index (Phi) is 5.47. The molecule has 0 spiro atoms. The Morgan fingerprint density at radius 2 is 1.90 bits per heavy atom. The first kappa shape index (κ1) is 14.4. The molecule has 1 N–H and O–H groups in total. The fraction of sp³-hybridized carbons (Fsp3) is 0.235. The average molecular weight is 268 g/mol. The Bertz CT molecular complexity index is 513. The molecule has 3 nitrogen and oxygen atoms in total. The number of aliphatic hydroxyl groups is 1. The summed E-state index contributed by atoms with van der Waals surface area (Å²) >= 11 is 0. The Morgan fingerprint density at radius 3 is 2.50 bits per heavy atom. The highest BCUT2D eigenvalue weighted by molar-refractivity contribution is 5.23. The van der Waals surface area contributed by atoms with E-state index in [-0.39, 0.29) is 12.6 Å². The van der Waals surface area contributed by atoms with E-state index in [0.717, 1.165) is 5.69 Å². The summed E-state index contributed by atoms with van der Waals surface area (Å²) in [4.78, 5) is 6.52. The summed E-state index contributed by atoms with van der Waals surface area (Å²) in [5, 5.41) is 9.31. The minimum atomic E-state index is 0.0744. The standard InChI is InChI=1S/C17H20N2O/c1-2-17(15-8-4-3-5-9-15)19(12-13-20)14-16-10-6-7-11-18-16/h2-11,17,20H,1,12-14H2. The first-order valence-corrected chi connectivity index (χ1v) is 6.77. The lowest BCUT2D eigenvalue weighted by Gasteiger charge is -2.29. The number of nitrogens with zero attached hydrogens (tertiary/aromatic N) is 2. The zero-order valence-electron chi connectivity index (χ0n) is 11.5. The molecule has 0 fully saturated rings. The zero-order chi connectivity index (χ0) is 14.2. The number of hydrogen-bond acceptors (Lipinski definition) is 3. The second kappa shape index (κ2) is 7.58. The molecule has 0 saturated heterocycles. The summed E-state index contributed by atoms with van der Waals surface area (Å²) in [5.74, 6) is 0. The molecule has 1 unspecified atom stereocenters. The van der Waals surface area contributed by atoms with Crippen molar-refractivity contribution in [1.82, 2.24) is 9.88 Å². The lowest BCUT2D eigenvalue weighted by atomic mass is 10.0. The average Bonchev–Trinajstić information content (AvgIpc) is 2.50. The van der Waals surface area contributed by atoms with Crippen LogP contribution < -0.4 is 0 Å². The third-order valence-corrected chi connectivity index (χ3v) is 3.24. The largest absolute Gasteiger partial charge is 0.395 e. The lowest BCUT2D eigenvalue weighted by molar-refractivity contribution is 0.163. The quantitative estimate of drug-likeness (QED) is 0.784. The van der Waals surface area contributed by atoms with Crippen molar-refractivity contribution in [2.45, 2.75) is 12.6 Å². The van der Waals surface area contributed by atoms with Crippen LogP contribution in [0.2, 0.25) is 0 Å². The summed E-state index contributed by atoms with van der Waals surface area (Å²) < 4.78 is 0. The molecule has 1 heterocycles. The van der Waals surface area contributed by atoms with E-state index in [1.165, 1.54) is 5.56 Å². The van der Waals surface area contributed by atoms with Gasteiger partial charge >= 0.3 is 0 Å². The summed E-state index contributed by atoms with van der Waals surface area (Å²) in [6.07, 6.45) is 3.70. The summed E-state index contributed by atoms with van der Waals surface area (Å²) in [5.41, 5.74) is 2.16. The van der Waals surface area contributed by atoms with Crippen molar-refractivity contribution in [3.8, 4) is 0 Å². The van der Waals surface area contributed by atoms with E-state index in [1.807, 2.05) is 42.5 Å². The molecule has 3 heteroatoms. The van der Waals surface area contributed by atoms with Crippen molar-refractivity contribution in [3.05, 3.63) is 78.6 Å². The van der Waals surface area contributed by atoms with Crippen LogP contribution in [0.15, 0.2) is 67.4 Å². The summed E-state index contributed by atoms with van der Waals surface area (Å²) in [6.45, 7) is 5.33. The van der Waals surface area contributed by atoms with Crippen LogP contribution in [0, 0.1) is 0 Å². The summed E-state index contributed by atoms with van der Waals surface area (Å²) in [6, 6.07) is 16.1. The van der Waals surface area contributed by atoms with Crippen LogP contribution in [-0.2, 0) is 6.54 Å². The molecule has 1 aromatic heterocycles. The van der Waals surface area contributed by atoms with Gasteiger partial charge in [-0.2, -0.15) is 0 Å². The van der Waals surface area contributed by atoms with Gasteiger partial charge in [-0.3, -0.25) is 9.88 Å². The molecule has 0 aliphatic rings. The van der Waals surface area contributed by atoms with Crippen LogP contribution in [0.25, 0.3) is 0 Å². The van der Waals surface area contributed by atoms with Gasteiger partial charge in [-0.15, -0.1) is 6.58 Å². The predicted molar refractivity (Wildman–Crippen MR) is 81.1 cm³/mol. The maximum atomic E-state index is 9.31. The normalized spacial score (nSPS) is 12.3. The molecular weight excluding hydrogens is 248 g/mol. The Hall–Kier alpha value is -1.97. The Labute approximate surface area is 120 Å². The monoisotopic (exact) mass is 268 g/mol. The molecular formula is C17H20N2O. The minimum Gasteiger partial charge on any atom is -0.395 e. The molecule has 1 atom stereocenters. The van der Waals surface area contributed by atoms with Gasteiger partial charge in [-0.25, -0.2) is 0 Å². The zero-order valence-corrected chi connectivity index (χ0v) is 11.5. The van der Waals surface area contributed by atoms with Gasteiger partial charge in [-0.05, 0) is 17.7 Å². The maximum absolute atomic E-state index is 9.31. The van der Waals surface area contributed by atoms with E-state index in [2.05, 4.69) is 28.6 Å². The Balaban J connectivity index is 2.20. The molecule has 0 radical (unpaired) electrons. The second-order valence-corrected chi connectivity index (χ2v) is 4.61. The van der Waals surface area contributed by atoms with Crippen LogP contribution in [0.1, 0.15) is 17.3 Å². The van der Waals surface area contributed by atoms with Gasteiger partial charge in [0, 0.05) is 19.3 Å². The summed E-state index contributed by atoms with van der Waals surface area (Å²) in [7, 11) is 0. The first-order chi connectivity index (χ1) is 9.85. The van der Waals surface area contributed by atoms with E-state index in [4.69, 9.17) is 0 Å². The first-order valence-electron chi connectivity index (χ1n) is 6.77. The van der Waals surface area contributed by atoms with E-state index < -0.39 is 0 Å². The van der Waals surface area contributed by atoms with Gasteiger partial charge < -0.3 is 5.11 Å². The van der Waals surface area contributed by atoms with Crippen molar-refractivity contribution in [2.24, 2.45) is 0 Å². The topological polar surface area (TPSA) is 36.4 Å². The van der Waals surface area contributed by atoms with Crippen LogP contribution in [-0.4, -0.2) is 28.1 Å². The highest BCUT2D eigenvalue weighted by atomic mass is 16.3. The fourth-order valence-electron chi connectivity index (χ4n) is 2.29. The van der Waals surface area contributed by atoms with Gasteiger partial charge in [0.15, 0.2) is 0 Å². The molecule has 0 saturated carbocycles. The number of pyridine rings is 1. The van der Waals surface area contributed by atoms with Crippen LogP contribution in [0.4, 0.5) is 0 Å². The lowest BCUT2D eigenvalue weighted by Crippen LogP contribution is -2.30. The van der Waals surface area contributed by atoms with Crippen molar-refractivity contribution in [3.63, 3.8) is 0 Å². The Morgan fingerprint density at radius 1 is 1.15 bits per heavy atom. The van der Waals surface area contributed by atoms with Crippen LogP contribution in [0.5, 0.6) is 0 Å². The van der Waals surface area contributed by atoms with E-state index in [1.54, 1.807) is 6.20 Å². The van der Waals surface area contributed by atoms with Crippen molar-refractivity contribution in [1.29, 1.82) is 0 Å². The van der Waals surface area contributed by atoms with E-state index in [9.17, 15) is 5.11 Å². The minimum absolute atomic E-state index is 0.0744. The molecule has 0 amide bonds. The van der Waals surface area contributed by atoms with Crippen LogP contribution >= 0.6 is 0 Å². The van der Waals surface area contributed by atoms with E-state index in [0.29, 0.717) is 13.1 Å². The SMILES string of the molecule is C=CC(c1ccccc1)N(CCO)Cc1ccccn1. The highest BCUT2D eigenvalue weighted by Crippen LogP contribution is 2.23. The second-order valence-electron chi connectivity index (χ2n) is 4.61. The molecule has 0 aliphatic heterocycles. The maximum Gasteiger partial charge on any atom is 0.0558 e. The van der Waals surface area contributed by atoms with Crippen LogP contribution in [0.3, 0.4) is 0 Å². The molecule has 2 rings (SSSR count). The van der Waals surface area contributed by atoms with Crippen molar-refractivity contribution in [2.75, 3.05) is 13.2 Å². The van der Waals surface area contributed by atoms with Gasteiger partial charge in [0.1, 0.15) is 0 Å². The smallest absolute Gasteiger partial charge is 0.0558 e. The number of aliphatic hydroxyl groups excluding tert-OH is 1. The molecule has 1 aromatic carbocycles. The third kappa shape index (κ3) is 3.76. The van der Waals surface area contributed by atoms with Crippen molar-refractivity contribution < 1.29 is 5.11 Å². The third-order valence-electron chi connectivity index (χ3n) is 3.24. The van der Waals surface area contributed by atoms with Gasteiger partial charge in [0.2, 0.25) is 0 Å². The van der Waals surface area contributed by atoms with Crippen molar-refractivity contribution >= 4 is 0 Å². The van der Waals surface area contributed by atoms with Gasteiger partial charge in [-0.1, -0.05) is 42.5 Å². The number of benzene rings is 1. The highest BCUT2D eigenvalue weighted by Gasteiger charge is 2.17. The number of aromatic nitrogens is 1. The molecule has 20 heavy (non-hydrogen) atoms. The molecule has 2 aromatic rings. The molecule has 104 valence electrons. The fourth-order valence-corrected chi connectivity index (χ4v) is 2.29. The van der Waals surface area contributed by atoms with Gasteiger partial charge in [0.05, 0.1) is 18.3 Å². The number of hydrogen-bond donors (Lipinski definition) is 1. The molecule has 0 aliphatic carbocycles. The number of rotatable bonds is 7. The van der Waals surface area contributed by atoms with Gasteiger partial charge in [0.25, 0.3) is 0 Å². The van der Waals surface area contributed by atoms with E-state index >= 15 is 0 Å². The predicted octanol–water partition coefficient (Wildman–Crippen LogP) is 2.80. The molecule has 0 bridgehead atoms.